The minimum Gasteiger partial charge on any atom is -0.375 e. The van der Waals surface area contributed by atoms with Crippen molar-refractivity contribution in [1.29, 1.82) is 0 Å². The van der Waals surface area contributed by atoms with Crippen molar-refractivity contribution in [1.82, 2.24) is 4.98 Å². The van der Waals surface area contributed by atoms with Gasteiger partial charge in [0.05, 0.1) is 22.9 Å². The van der Waals surface area contributed by atoms with Crippen molar-refractivity contribution >= 4 is 17.0 Å². The van der Waals surface area contributed by atoms with E-state index >= 15 is 0 Å². The van der Waals surface area contributed by atoms with Crippen LogP contribution in [-0.4, -0.2) is 4.98 Å². The average molecular weight is 254 g/mol. The number of benzene rings is 1. The molecule has 0 bridgehead atoms. The molecule has 0 amide bonds. The van der Waals surface area contributed by atoms with Crippen LogP contribution in [0.2, 0.25) is 0 Å². The first kappa shape index (κ1) is 12.0. The smallest absolute Gasteiger partial charge is 0.181 e. The Morgan fingerprint density at radius 2 is 2.12 bits per heavy atom. The fourth-order valence-electron chi connectivity index (χ4n) is 1.64. The molecule has 0 aliphatic heterocycles. The molecule has 2 rings (SSSR count). The summed E-state index contributed by atoms with van der Waals surface area (Å²) in [7, 11) is 0. The number of thiazole rings is 1. The SMILES string of the molecule is Cc1ncsc1C(C)Nc1cccc(F)c1F. The summed E-state index contributed by atoms with van der Waals surface area (Å²) in [6, 6.07) is 4.00. The topological polar surface area (TPSA) is 24.9 Å². The first-order valence-electron chi connectivity index (χ1n) is 5.20. The highest BCUT2D eigenvalue weighted by Gasteiger charge is 2.14. The molecule has 5 heteroatoms. The Balaban J connectivity index is 2.22. The summed E-state index contributed by atoms with van der Waals surface area (Å²) in [4.78, 5) is 5.15. The van der Waals surface area contributed by atoms with Crippen molar-refractivity contribution in [2.75, 3.05) is 5.32 Å². The van der Waals surface area contributed by atoms with Gasteiger partial charge >= 0.3 is 0 Å². The van der Waals surface area contributed by atoms with E-state index in [4.69, 9.17) is 0 Å². The molecular weight excluding hydrogens is 242 g/mol. The van der Waals surface area contributed by atoms with E-state index in [0.717, 1.165) is 16.6 Å². The standard InChI is InChI=1S/C12H12F2N2S/c1-7-12(17-6-15-7)8(2)16-10-5-3-4-9(13)11(10)14/h3-6,8,16H,1-2H3. The number of anilines is 1. The summed E-state index contributed by atoms with van der Waals surface area (Å²) in [6.45, 7) is 3.79. The van der Waals surface area contributed by atoms with E-state index in [1.54, 1.807) is 5.51 Å². The highest BCUT2D eigenvalue weighted by atomic mass is 32.1. The molecular formula is C12H12F2N2S. The fourth-order valence-corrected chi connectivity index (χ4v) is 2.45. The summed E-state index contributed by atoms with van der Waals surface area (Å²) < 4.78 is 26.5. The number of aryl methyl sites for hydroxylation is 1. The number of hydrogen-bond donors (Lipinski definition) is 1. The van der Waals surface area contributed by atoms with Crippen LogP contribution in [0.4, 0.5) is 14.5 Å². The Morgan fingerprint density at radius 1 is 1.35 bits per heavy atom. The maximum Gasteiger partial charge on any atom is 0.181 e. The molecule has 0 fully saturated rings. The van der Waals surface area contributed by atoms with Crippen LogP contribution in [0.1, 0.15) is 23.5 Å². The van der Waals surface area contributed by atoms with Gasteiger partial charge in [-0.15, -0.1) is 11.3 Å². The first-order chi connectivity index (χ1) is 8.09. The first-order valence-corrected chi connectivity index (χ1v) is 6.08. The van der Waals surface area contributed by atoms with Crippen molar-refractivity contribution in [3.05, 3.63) is 45.9 Å². The Labute approximate surface area is 102 Å². The minimum atomic E-state index is -0.846. The molecule has 0 saturated carbocycles. The molecule has 0 aliphatic rings. The fraction of sp³-hybridized carbons (Fsp3) is 0.250. The predicted octanol–water partition coefficient (Wildman–Crippen LogP) is 3.90. The highest BCUT2D eigenvalue weighted by molar-refractivity contribution is 7.09. The molecule has 1 atom stereocenters. The molecule has 2 nitrogen and oxygen atoms in total. The van der Waals surface area contributed by atoms with Crippen LogP contribution in [0.25, 0.3) is 0 Å². The van der Waals surface area contributed by atoms with Gasteiger partial charge in [0.2, 0.25) is 0 Å². The van der Waals surface area contributed by atoms with E-state index < -0.39 is 11.6 Å². The maximum absolute atomic E-state index is 13.5. The monoisotopic (exact) mass is 254 g/mol. The highest BCUT2D eigenvalue weighted by Crippen LogP contribution is 2.26. The molecule has 1 unspecified atom stereocenters. The van der Waals surface area contributed by atoms with Crippen LogP contribution in [0.15, 0.2) is 23.7 Å². The lowest BCUT2D eigenvalue weighted by Gasteiger charge is -2.15. The molecule has 2 aromatic rings. The molecule has 1 heterocycles. The van der Waals surface area contributed by atoms with E-state index in [1.807, 2.05) is 13.8 Å². The van der Waals surface area contributed by atoms with E-state index in [-0.39, 0.29) is 11.7 Å². The van der Waals surface area contributed by atoms with E-state index in [1.165, 1.54) is 23.5 Å². The molecule has 0 saturated heterocycles. The van der Waals surface area contributed by atoms with Crippen LogP contribution >= 0.6 is 11.3 Å². The maximum atomic E-state index is 13.5. The van der Waals surface area contributed by atoms with Crippen LogP contribution in [0.3, 0.4) is 0 Å². The van der Waals surface area contributed by atoms with Crippen LogP contribution in [0.5, 0.6) is 0 Å². The van der Waals surface area contributed by atoms with Gasteiger partial charge in [-0.3, -0.25) is 0 Å². The zero-order valence-corrected chi connectivity index (χ0v) is 10.3. The van der Waals surface area contributed by atoms with E-state index in [9.17, 15) is 8.78 Å². The number of nitrogens with zero attached hydrogens (tertiary/aromatic N) is 1. The largest absolute Gasteiger partial charge is 0.375 e. The van der Waals surface area contributed by atoms with Crippen LogP contribution in [-0.2, 0) is 0 Å². The average Bonchev–Trinajstić information content (AvgIpc) is 2.71. The van der Waals surface area contributed by atoms with Crippen molar-refractivity contribution < 1.29 is 8.78 Å². The van der Waals surface area contributed by atoms with Gasteiger partial charge in [0, 0.05) is 4.88 Å². The van der Waals surface area contributed by atoms with Crippen molar-refractivity contribution in [3.8, 4) is 0 Å². The number of aromatic nitrogens is 1. The molecule has 1 N–H and O–H groups in total. The Morgan fingerprint density at radius 3 is 2.76 bits per heavy atom. The number of rotatable bonds is 3. The summed E-state index contributed by atoms with van der Waals surface area (Å²) in [5.41, 5.74) is 2.82. The van der Waals surface area contributed by atoms with Crippen LogP contribution < -0.4 is 5.32 Å². The van der Waals surface area contributed by atoms with Crippen molar-refractivity contribution in [2.24, 2.45) is 0 Å². The van der Waals surface area contributed by atoms with Gasteiger partial charge < -0.3 is 5.32 Å². The van der Waals surface area contributed by atoms with Crippen LogP contribution in [0, 0.1) is 18.6 Å². The van der Waals surface area contributed by atoms with Gasteiger partial charge in [-0.05, 0) is 26.0 Å². The molecule has 0 aliphatic carbocycles. The molecule has 90 valence electrons. The number of hydrogen-bond acceptors (Lipinski definition) is 3. The normalized spacial score (nSPS) is 12.5. The number of nitrogens with one attached hydrogen (secondary N) is 1. The molecule has 1 aromatic heterocycles. The van der Waals surface area contributed by atoms with Gasteiger partial charge in [0.15, 0.2) is 11.6 Å². The summed E-state index contributed by atoms with van der Waals surface area (Å²) in [5, 5.41) is 2.95. The third-order valence-corrected chi connectivity index (χ3v) is 3.61. The molecule has 1 aromatic carbocycles. The zero-order valence-electron chi connectivity index (χ0n) is 9.50. The predicted molar refractivity (Wildman–Crippen MR) is 65.2 cm³/mol. The number of halogens is 2. The van der Waals surface area contributed by atoms with Crippen molar-refractivity contribution in [3.63, 3.8) is 0 Å². The zero-order chi connectivity index (χ0) is 12.4. The Bertz CT molecular complexity index is 525. The lowest BCUT2D eigenvalue weighted by Crippen LogP contribution is -2.08. The lowest BCUT2D eigenvalue weighted by atomic mass is 10.2. The second-order valence-corrected chi connectivity index (χ2v) is 4.66. The van der Waals surface area contributed by atoms with Gasteiger partial charge in [0.1, 0.15) is 0 Å². The van der Waals surface area contributed by atoms with E-state index in [0.29, 0.717) is 0 Å². The summed E-state index contributed by atoms with van der Waals surface area (Å²) >= 11 is 1.50. The van der Waals surface area contributed by atoms with Gasteiger partial charge in [-0.1, -0.05) is 6.07 Å². The second kappa shape index (κ2) is 4.79. The quantitative estimate of drug-likeness (QED) is 0.898. The summed E-state index contributed by atoms with van der Waals surface area (Å²) in [6.07, 6.45) is 0. The molecule has 0 radical (unpaired) electrons. The van der Waals surface area contributed by atoms with Gasteiger partial charge in [-0.2, -0.15) is 0 Å². The van der Waals surface area contributed by atoms with Gasteiger partial charge in [0.25, 0.3) is 0 Å². The van der Waals surface area contributed by atoms with E-state index in [2.05, 4.69) is 10.3 Å². The Kier molecular flexibility index (Phi) is 3.38. The Hall–Kier alpha value is -1.49. The van der Waals surface area contributed by atoms with Gasteiger partial charge in [-0.25, -0.2) is 13.8 Å². The second-order valence-electron chi connectivity index (χ2n) is 3.77. The summed E-state index contributed by atoms with van der Waals surface area (Å²) in [5.74, 6) is -1.69. The third kappa shape index (κ3) is 2.44. The lowest BCUT2D eigenvalue weighted by molar-refractivity contribution is 0.510. The minimum absolute atomic E-state index is 0.0983. The third-order valence-electron chi connectivity index (χ3n) is 2.50. The molecule has 0 spiro atoms. The molecule has 17 heavy (non-hydrogen) atoms. The van der Waals surface area contributed by atoms with Crippen molar-refractivity contribution in [2.45, 2.75) is 19.9 Å².